The molecule has 0 N–H and O–H groups in total. The monoisotopic (exact) mass is 938 g/mol. The molecule has 342 valence electrons. The lowest BCUT2D eigenvalue weighted by Gasteiger charge is -2.15. The molecule has 0 bridgehead atoms. The number of hydrogen-bond acceptors (Lipinski definition) is 3. The largest absolute Gasteiger partial charge is 0.238 e. The van der Waals surface area contributed by atoms with Crippen molar-refractivity contribution < 1.29 is 0 Å². The van der Waals surface area contributed by atoms with Gasteiger partial charge in [0, 0.05) is 16.7 Å². The minimum absolute atomic E-state index is 0.597. The molecule has 0 amide bonds. The van der Waals surface area contributed by atoms with Gasteiger partial charge in [-0.2, -0.15) is 0 Å². The Morgan fingerprint density at radius 3 is 1.45 bits per heavy atom. The number of nitrogens with zero attached hydrogens (tertiary/aromatic N) is 4. The summed E-state index contributed by atoms with van der Waals surface area (Å²) in [6.07, 6.45) is 0. The number of benzene rings is 12. The number of hydrogen-bond donors (Lipinski definition) is 0. The van der Waals surface area contributed by atoms with Crippen LogP contribution in [-0.2, 0) is 0 Å². The first-order valence-corrected chi connectivity index (χ1v) is 24.9. The molecule has 0 aliphatic heterocycles. The van der Waals surface area contributed by atoms with Crippen molar-refractivity contribution in [3.63, 3.8) is 0 Å². The van der Waals surface area contributed by atoms with Crippen molar-refractivity contribution in [2.24, 2.45) is 0 Å². The van der Waals surface area contributed by atoms with E-state index in [0.29, 0.717) is 23.2 Å². The molecule has 0 unspecified atom stereocenters. The smallest absolute Gasteiger partial charge is 0.187 e. The van der Waals surface area contributed by atoms with Crippen molar-refractivity contribution >= 4 is 38.0 Å². The van der Waals surface area contributed by atoms with E-state index in [0.717, 1.165) is 61.2 Å². The predicted octanol–water partition coefficient (Wildman–Crippen LogP) is 18.9. The Labute approximate surface area is 429 Å². The van der Waals surface area contributed by atoms with E-state index in [1.807, 2.05) is 42.5 Å². The van der Waals surface area contributed by atoms with Crippen LogP contribution in [0.15, 0.2) is 255 Å². The molecule has 14 rings (SSSR count). The molecule has 13 aromatic rings. The topological polar surface area (TPSA) is 43.0 Å². The van der Waals surface area contributed by atoms with E-state index in [1.165, 1.54) is 65.7 Å². The van der Waals surface area contributed by atoms with Crippen molar-refractivity contribution in [3.8, 4) is 112 Å². The van der Waals surface area contributed by atoms with Gasteiger partial charge in [0.15, 0.2) is 23.2 Å². The standard InChI is InChI=1S/C70H42N4/c1-71-56-35-37-58(65(43-56)53-23-11-22-52(40-53)64-42-54-16-5-6-25-57(54)59-26-7-8-27-60(59)64)51-21-9-19-48(38-51)49-20-10-24-55(39-49)70-73-68(46-14-3-2-4-15-46)72-69(74-70)47-32-30-44(31-33-47)50-34-36-61-62-28-12-17-45-18-13-29-63(67(45)62)66(61)41-50/h2-43H. The maximum absolute atomic E-state index is 7.99. The average Bonchev–Trinajstić information content (AvgIpc) is 3.82. The Bertz CT molecular complexity index is 4430. The van der Waals surface area contributed by atoms with E-state index in [2.05, 4.69) is 217 Å². The molecule has 0 fully saturated rings. The van der Waals surface area contributed by atoms with Crippen LogP contribution in [0.1, 0.15) is 0 Å². The fourth-order valence-corrected chi connectivity index (χ4v) is 11.1. The Hall–Kier alpha value is -10.1. The molecule has 0 radical (unpaired) electrons. The maximum atomic E-state index is 7.99. The Morgan fingerprint density at radius 1 is 0.243 bits per heavy atom. The molecule has 1 aliphatic rings. The van der Waals surface area contributed by atoms with Crippen LogP contribution in [0, 0.1) is 6.57 Å². The van der Waals surface area contributed by atoms with Gasteiger partial charge in [-0.05, 0) is 147 Å². The van der Waals surface area contributed by atoms with E-state index in [9.17, 15) is 0 Å². The minimum Gasteiger partial charge on any atom is -0.238 e. The molecule has 4 nitrogen and oxygen atoms in total. The first-order chi connectivity index (χ1) is 36.6. The quantitative estimate of drug-likeness (QED) is 0.113. The van der Waals surface area contributed by atoms with E-state index >= 15 is 0 Å². The molecule has 4 heteroatoms. The van der Waals surface area contributed by atoms with E-state index in [4.69, 9.17) is 21.5 Å². The zero-order valence-electron chi connectivity index (χ0n) is 40.0. The highest BCUT2D eigenvalue weighted by Crippen LogP contribution is 2.48. The lowest BCUT2D eigenvalue weighted by Crippen LogP contribution is -2.00. The highest BCUT2D eigenvalue weighted by atomic mass is 15.0. The summed E-state index contributed by atoms with van der Waals surface area (Å²) in [5, 5.41) is 7.50. The van der Waals surface area contributed by atoms with Gasteiger partial charge in [-0.15, -0.1) is 0 Å². The summed E-state index contributed by atoms with van der Waals surface area (Å²) in [7, 11) is 0. The van der Waals surface area contributed by atoms with Crippen LogP contribution in [0.4, 0.5) is 5.69 Å². The van der Waals surface area contributed by atoms with Gasteiger partial charge >= 0.3 is 0 Å². The van der Waals surface area contributed by atoms with Crippen LogP contribution in [0.25, 0.3) is 149 Å². The highest BCUT2D eigenvalue weighted by Gasteiger charge is 2.22. The maximum Gasteiger partial charge on any atom is 0.187 e. The highest BCUT2D eigenvalue weighted by molar-refractivity contribution is 6.16. The second-order valence-corrected chi connectivity index (χ2v) is 19.0. The molecule has 1 heterocycles. The van der Waals surface area contributed by atoms with Crippen LogP contribution in [-0.4, -0.2) is 15.0 Å². The molecule has 0 saturated heterocycles. The average molecular weight is 939 g/mol. The van der Waals surface area contributed by atoms with Crippen LogP contribution in [0.3, 0.4) is 0 Å². The van der Waals surface area contributed by atoms with Crippen LogP contribution < -0.4 is 0 Å². The van der Waals surface area contributed by atoms with Crippen molar-refractivity contribution in [3.05, 3.63) is 266 Å². The molecule has 12 aromatic carbocycles. The lowest BCUT2D eigenvalue weighted by atomic mass is 9.89. The van der Waals surface area contributed by atoms with Gasteiger partial charge in [-0.1, -0.05) is 218 Å². The second kappa shape index (κ2) is 17.6. The van der Waals surface area contributed by atoms with Gasteiger partial charge in [-0.3, -0.25) is 0 Å². The molecule has 74 heavy (non-hydrogen) atoms. The summed E-state index contributed by atoms with van der Waals surface area (Å²) >= 11 is 0. The fraction of sp³-hybridized carbons (Fsp3) is 0. The van der Waals surface area contributed by atoms with Crippen LogP contribution in [0.2, 0.25) is 0 Å². The first kappa shape index (κ1) is 42.8. The Morgan fingerprint density at radius 2 is 0.716 bits per heavy atom. The third kappa shape index (κ3) is 7.43. The third-order valence-corrected chi connectivity index (χ3v) is 14.7. The van der Waals surface area contributed by atoms with Crippen molar-refractivity contribution in [1.29, 1.82) is 0 Å². The molecule has 0 atom stereocenters. The summed E-state index contributed by atoms with van der Waals surface area (Å²) in [4.78, 5) is 19.2. The molecular formula is C70H42N4. The molecule has 0 saturated carbocycles. The normalized spacial score (nSPS) is 11.5. The SMILES string of the molecule is [C-]#[N+]c1ccc(-c2cccc(-c3cccc(-c4nc(-c5ccccc5)nc(-c5ccc(-c6ccc7c(c6)-c6cccc8cccc-7c68)cc5)n4)c3)c2)c(-c2cccc(-c3cc4ccccc4c4ccccc34)c2)c1. The van der Waals surface area contributed by atoms with Crippen LogP contribution in [0.5, 0.6) is 0 Å². The van der Waals surface area contributed by atoms with Gasteiger partial charge in [0.1, 0.15) is 0 Å². The Balaban J connectivity index is 0.808. The van der Waals surface area contributed by atoms with E-state index < -0.39 is 0 Å². The van der Waals surface area contributed by atoms with Gasteiger partial charge < -0.3 is 0 Å². The van der Waals surface area contributed by atoms with Crippen molar-refractivity contribution in [1.82, 2.24) is 15.0 Å². The summed E-state index contributed by atoms with van der Waals surface area (Å²) in [6.45, 7) is 7.99. The fourth-order valence-electron chi connectivity index (χ4n) is 11.1. The zero-order valence-corrected chi connectivity index (χ0v) is 40.0. The lowest BCUT2D eigenvalue weighted by molar-refractivity contribution is 1.07. The zero-order chi connectivity index (χ0) is 49.1. The minimum atomic E-state index is 0.597. The van der Waals surface area contributed by atoms with Gasteiger partial charge in [0.25, 0.3) is 0 Å². The molecular weight excluding hydrogens is 897 g/mol. The first-order valence-electron chi connectivity index (χ1n) is 24.9. The van der Waals surface area contributed by atoms with Crippen molar-refractivity contribution in [2.75, 3.05) is 0 Å². The third-order valence-electron chi connectivity index (χ3n) is 14.7. The summed E-state index contributed by atoms with van der Waals surface area (Å²) in [5.74, 6) is 1.82. The van der Waals surface area contributed by atoms with Gasteiger partial charge in [0.2, 0.25) is 0 Å². The summed E-state index contributed by atoms with van der Waals surface area (Å²) in [6, 6.07) is 90.1. The summed E-state index contributed by atoms with van der Waals surface area (Å²) in [5.41, 5.74) is 19.3. The Kier molecular flexibility index (Phi) is 10.2. The number of rotatable bonds is 8. The van der Waals surface area contributed by atoms with E-state index in [1.54, 1.807) is 0 Å². The molecule has 1 aliphatic carbocycles. The molecule has 0 spiro atoms. The number of aromatic nitrogens is 3. The predicted molar refractivity (Wildman–Crippen MR) is 307 cm³/mol. The van der Waals surface area contributed by atoms with Crippen LogP contribution >= 0.6 is 0 Å². The van der Waals surface area contributed by atoms with Gasteiger partial charge in [0.05, 0.1) is 6.57 Å². The molecule has 1 aromatic heterocycles. The van der Waals surface area contributed by atoms with E-state index in [-0.39, 0.29) is 0 Å². The second-order valence-electron chi connectivity index (χ2n) is 19.0. The van der Waals surface area contributed by atoms with Crippen molar-refractivity contribution in [2.45, 2.75) is 0 Å². The summed E-state index contributed by atoms with van der Waals surface area (Å²) < 4.78 is 0. The number of fused-ring (bicyclic) bond motifs is 6. The van der Waals surface area contributed by atoms with Gasteiger partial charge in [-0.25, -0.2) is 19.8 Å².